The van der Waals surface area contributed by atoms with Gasteiger partial charge in [-0.1, -0.05) is 6.07 Å². The number of aliphatic imine (C=N–C) groups is 1. The van der Waals surface area contributed by atoms with Gasteiger partial charge >= 0.3 is 0 Å². The van der Waals surface area contributed by atoms with Gasteiger partial charge in [0.15, 0.2) is 5.76 Å². The SMILES string of the molecule is NC(CCl)=Nc1cccc(NC(=O)c2ccco2)c1. The van der Waals surface area contributed by atoms with E-state index in [1.54, 1.807) is 36.4 Å². The molecular weight excluding hydrogens is 266 g/mol. The molecule has 2 rings (SSSR count). The number of hydrogen-bond acceptors (Lipinski definition) is 3. The Balaban J connectivity index is 2.13. The minimum atomic E-state index is -0.323. The van der Waals surface area contributed by atoms with Gasteiger partial charge in [-0.2, -0.15) is 0 Å². The van der Waals surface area contributed by atoms with Gasteiger partial charge in [0.05, 0.1) is 17.8 Å². The van der Waals surface area contributed by atoms with E-state index < -0.39 is 0 Å². The first kappa shape index (κ1) is 13.2. The number of nitrogens with zero attached hydrogens (tertiary/aromatic N) is 1. The number of nitrogens with one attached hydrogen (secondary N) is 1. The maximum absolute atomic E-state index is 11.8. The molecule has 0 aliphatic heterocycles. The standard InChI is InChI=1S/C13H12ClN3O2/c14-8-12(15)16-9-3-1-4-10(7-9)17-13(18)11-5-2-6-19-11/h1-7H,8H2,(H2,15,16)(H,17,18). The molecule has 0 saturated heterocycles. The monoisotopic (exact) mass is 277 g/mol. The normalized spacial score (nSPS) is 11.3. The lowest BCUT2D eigenvalue weighted by Gasteiger charge is -2.04. The highest BCUT2D eigenvalue weighted by Gasteiger charge is 2.08. The highest BCUT2D eigenvalue weighted by atomic mass is 35.5. The molecular formula is C13H12ClN3O2. The summed E-state index contributed by atoms with van der Waals surface area (Å²) in [7, 11) is 0. The molecule has 98 valence electrons. The van der Waals surface area contributed by atoms with E-state index in [-0.39, 0.29) is 17.5 Å². The number of hydrogen-bond donors (Lipinski definition) is 2. The summed E-state index contributed by atoms with van der Waals surface area (Å²) in [6, 6.07) is 10.2. The Morgan fingerprint density at radius 2 is 2.21 bits per heavy atom. The minimum Gasteiger partial charge on any atom is -0.459 e. The number of halogens is 1. The number of rotatable bonds is 4. The third-order valence-corrected chi connectivity index (χ3v) is 2.53. The van der Waals surface area contributed by atoms with Crippen LogP contribution in [-0.2, 0) is 0 Å². The fourth-order valence-electron chi connectivity index (χ4n) is 1.45. The Hall–Kier alpha value is -2.27. The first-order valence-electron chi connectivity index (χ1n) is 5.53. The van der Waals surface area contributed by atoms with Crippen molar-refractivity contribution < 1.29 is 9.21 Å². The molecule has 1 aromatic heterocycles. The molecule has 0 bridgehead atoms. The molecule has 0 fully saturated rings. The first-order chi connectivity index (χ1) is 9.19. The van der Waals surface area contributed by atoms with Crippen molar-refractivity contribution in [1.29, 1.82) is 0 Å². The van der Waals surface area contributed by atoms with Crippen LogP contribution in [0.25, 0.3) is 0 Å². The van der Waals surface area contributed by atoms with Crippen LogP contribution in [0.2, 0.25) is 0 Å². The van der Waals surface area contributed by atoms with Gasteiger partial charge in [-0.25, -0.2) is 4.99 Å². The van der Waals surface area contributed by atoms with Gasteiger partial charge < -0.3 is 15.5 Å². The molecule has 1 heterocycles. The van der Waals surface area contributed by atoms with E-state index in [9.17, 15) is 4.79 Å². The maximum Gasteiger partial charge on any atom is 0.291 e. The number of benzene rings is 1. The quantitative estimate of drug-likeness (QED) is 0.512. The van der Waals surface area contributed by atoms with Crippen molar-refractivity contribution in [3.63, 3.8) is 0 Å². The van der Waals surface area contributed by atoms with Gasteiger partial charge in [0, 0.05) is 5.69 Å². The molecule has 0 radical (unpaired) electrons. The summed E-state index contributed by atoms with van der Waals surface area (Å²) in [6.45, 7) is 0. The Morgan fingerprint density at radius 3 is 2.89 bits per heavy atom. The highest BCUT2D eigenvalue weighted by molar-refractivity contribution is 6.28. The maximum atomic E-state index is 11.8. The van der Waals surface area contributed by atoms with Gasteiger partial charge in [-0.3, -0.25) is 4.79 Å². The molecule has 5 nitrogen and oxygen atoms in total. The third-order valence-electron chi connectivity index (χ3n) is 2.26. The molecule has 0 unspecified atom stereocenters. The van der Waals surface area contributed by atoms with Crippen LogP contribution in [0.5, 0.6) is 0 Å². The van der Waals surface area contributed by atoms with Crippen LogP contribution in [0.4, 0.5) is 11.4 Å². The zero-order valence-corrected chi connectivity index (χ0v) is 10.7. The highest BCUT2D eigenvalue weighted by Crippen LogP contribution is 2.18. The van der Waals surface area contributed by atoms with Gasteiger partial charge in [-0.15, -0.1) is 11.6 Å². The lowest BCUT2D eigenvalue weighted by molar-refractivity contribution is 0.0996. The second kappa shape index (κ2) is 6.06. The zero-order chi connectivity index (χ0) is 13.7. The van der Waals surface area contributed by atoms with Gasteiger partial charge in [0.2, 0.25) is 0 Å². The number of amides is 1. The largest absolute Gasteiger partial charge is 0.459 e. The van der Waals surface area contributed by atoms with Crippen LogP contribution >= 0.6 is 11.6 Å². The van der Waals surface area contributed by atoms with Crippen LogP contribution in [0, 0.1) is 0 Å². The molecule has 0 spiro atoms. The van der Waals surface area contributed by atoms with E-state index in [1.165, 1.54) is 6.26 Å². The van der Waals surface area contributed by atoms with E-state index in [1.807, 2.05) is 0 Å². The van der Waals surface area contributed by atoms with E-state index in [0.717, 1.165) is 0 Å². The summed E-state index contributed by atoms with van der Waals surface area (Å²) < 4.78 is 5.00. The number of nitrogens with two attached hydrogens (primary N) is 1. The summed E-state index contributed by atoms with van der Waals surface area (Å²) in [5, 5.41) is 2.70. The van der Waals surface area contributed by atoms with Gasteiger partial charge in [0.25, 0.3) is 5.91 Å². The van der Waals surface area contributed by atoms with Gasteiger partial charge in [-0.05, 0) is 30.3 Å². The van der Waals surface area contributed by atoms with Crippen molar-refractivity contribution in [2.45, 2.75) is 0 Å². The third kappa shape index (κ3) is 3.59. The van der Waals surface area contributed by atoms with Crippen molar-refractivity contribution in [1.82, 2.24) is 0 Å². The number of carbonyl (C=O) groups is 1. The van der Waals surface area contributed by atoms with E-state index in [2.05, 4.69) is 10.3 Å². The summed E-state index contributed by atoms with van der Waals surface area (Å²) in [4.78, 5) is 15.9. The molecule has 1 aromatic carbocycles. The smallest absolute Gasteiger partial charge is 0.291 e. The fraction of sp³-hybridized carbons (Fsp3) is 0.0769. The van der Waals surface area contributed by atoms with E-state index in [4.69, 9.17) is 21.8 Å². The number of amidine groups is 1. The summed E-state index contributed by atoms with van der Waals surface area (Å²) in [6.07, 6.45) is 1.44. The topological polar surface area (TPSA) is 80.6 Å². The first-order valence-corrected chi connectivity index (χ1v) is 6.06. The van der Waals surface area contributed by atoms with Crippen LogP contribution in [0.15, 0.2) is 52.1 Å². The van der Waals surface area contributed by atoms with E-state index in [0.29, 0.717) is 17.2 Å². The Morgan fingerprint density at radius 1 is 1.37 bits per heavy atom. The lowest BCUT2D eigenvalue weighted by Crippen LogP contribution is -2.12. The molecule has 1 amide bonds. The van der Waals surface area contributed by atoms with Crippen molar-refractivity contribution in [2.75, 3.05) is 11.2 Å². The van der Waals surface area contributed by atoms with Crippen molar-refractivity contribution >= 4 is 34.7 Å². The number of anilines is 1. The molecule has 0 atom stereocenters. The summed E-state index contributed by atoms with van der Waals surface area (Å²) >= 11 is 5.56. The second-order valence-electron chi connectivity index (χ2n) is 3.72. The predicted molar refractivity (Wildman–Crippen MR) is 75.1 cm³/mol. The Labute approximate surface area is 115 Å². The Kier molecular flexibility index (Phi) is 4.20. The molecule has 19 heavy (non-hydrogen) atoms. The van der Waals surface area contributed by atoms with Crippen LogP contribution < -0.4 is 11.1 Å². The molecule has 2 aromatic rings. The number of carbonyl (C=O) groups excluding carboxylic acids is 1. The average Bonchev–Trinajstić information content (AvgIpc) is 2.93. The molecule has 0 saturated carbocycles. The molecule has 6 heteroatoms. The van der Waals surface area contributed by atoms with Crippen LogP contribution in [0.3, 0.4) is 0 Å². The van der Waals surface area contributed by atoms with Gasteiger partial charge in [0.1, 0.15) is 5.84 Å². The molecule has 0 aliphatic carbocycles. The Bertz CT molecular complexity index is 594. The number of alkyl halides is 1. The van der Waals surface area contributed by atoms with Crippen LogP contribution in [0.1, 0.15) is 10.6 Å². The predicted octanol–water partition coefficient (Wildman–Crippen LogP) is 2.76. The average molecular weight is 278 g/mol. The van der Waals surface area contributed by atoms with Crippen molar-refractivity contribution in [3.05, 3.63) is 48.4 Å². The summed E-state index contributed by atoms with van der Waals surface area (Å²) in [5.74, 6) is 0.394. The molecule has 0 aliphatic rings. The number of furan rings is 1. The van der Waals surface area contributed by atoms with Crippen LogP contribution in [-0.4, -0.2) is 17.6 Å². The lowest BCUT2D eigenvalue weighted by atomic mass is 10.2. The van der Waals surface area contributed by atoms with Crippen molar-refractivity contribution in [2.24, 2.45) is 10.7 Å². The second-order valence-corrected chi connectivity index (χ2v) is 3.99. The summed E-state index contributed by atoms with van der Waals surface area (Å²) in [5.41, 5.74) is 6.77. The minimum absolute atomic E-state index is 0.156. The zero-order valence-electron chi connectivity index (χ0n) is 9.97. The van der Waals surface area contributed by atoms with Crippen molar-refractivity contribution in [3.8, 4) is 0 Å². The fourth-order valence-corrected chi connectivity index (χ4v) is 1.51. The molecule has 3 N–H and O–H groups in total. The van der Waals surface area contributed by atoms with E-state index >= 15 is 0 Å².